The first kappa shape index (κ1) is 28.4. The lowest BCUT2D eigenvalue weighted by Gasteiger charge is -2.37. The molecule has 1 saturated heterocycles. The Morgan fingerprint density at radius 2 is 1.62 bits per heavy atom. The van der Waals surface area contributed by atoms with Gasteiger partial charge in [0, 0.05) is 24.8 Å². The van der Waals surface area contributed by atoms with Crippen molar-refractivity contribution in [3.05, 3.63) is 95.1 Å². The molecule has 1 aliphatic carbocycles. The number of ether oxygens (including phenoxy) is 3. The van der Waals surface area contributed by atoms with Gasteiger partial charge in [-0.25, -0.2) is 0 Å². The van der Waals surface area contributed by atoms with Crippen molar-refractivity contribution in [2.24, 2.45) is 0 Å². The number of piperidine rings is 1. The predicted octanol–water partition coefficient (Wildman–Crippen LogP) is 5.80. The zero-order chi connectivity index (χ0) is 28.2. The predicted molar refractivity (Wildman–Crippen MR) is 157 cm³/mol. The first-order valence-corrected chi connectivity index (χ1v) is 15.3. The summed E-state index contributed by atoms with van der Waals surface area (Å²) in [6.45, 7) is 3.59. The summed E-state index contributed by atoms with van der Waals surface area (Å²) in [4.78, 5) is 0.244. The van der Waals surface area contributed by atoms with E-state index in [0.29, 0.717) is 35.7 Å². The molecule has 0 bridgehead atoms. The molecule has 2 aliphatic rings. The quantitative estimate of drug-likeness (QED) is 0.312. The van der Waals surface area contributed by atoms with Gasteiger partial charge in [0.05, 0.1) is 7.11 Å². The van der Waals surface area contributed by atoms with Crippen LogP contribution in [0, 0.1) is 0 Å². The van der Waals surface area contributed by atoms with E-state index in [1.54, 1.807) is 31.4 Å². The van der Waals surface area contributed by atoms with Crippen LogP contribution < -0.4 is 9.47 Å². The van der Waals surface area contributed by atoms with Gasteiger partial charge in [-0.3, -0.25) is 9.45 Å². The molecule has 1 heterocycles. The number of allylic oxidation sites excluding steroid dienone is 1. The van der Waals surface area contributed by atoms with Gasteiger partial charge in [-0.15, -0.1) is 0 Å². The highest BCUT2D eigenvalue weighted by atomic mass is 32.2. The van der Waals surface area contributed by atoms with E-state index in [9.17, 15) is 13.0 Å². The molecule has 0 spiro atoms. The largest absolute Gasteiger partial charge is 0.497 e. The van der Waals surface area contributed by atoms with Crippen LogP contribution in [-0.2, 0) is 26.2 Å². The van der Waals surface area contributed by atoms with Crippen molar-refractivity contribution >= 4 is 21.3 Å². The molecule has 8 heteroatoms. The van der Waals surface area contributed by atoms with E-state index in [4.69, 9.17) is 14.2 Å². The van der Waals surface area contributed by atoms with E-state index in [1.807, 2.05) is 48.5 Å². The maximum Gasteiger partial charge on any atom is 0.304 e. The summed E-state index contributed by atoms with van der Waals surface area (Å²) in [5.41, 5.74) is 4.02. The van der Waals surface area contributed by atoms with Crippen molar-refractivity contribution in [1.29, 1.82) is 0 Å². The van der Waals surface area contributed by atoms with Crippen LogP contribution in [-0.4, -0.2) is 58.3 Å². The summed E-state index contributed by atoms with van der Waals surface area (Å²) in [7, 11) is -1.91. The summed E-state index contributed by atoms with van der Waals surface area (Å²) in [5.74, 6) is 1.29. The number of methoxy groups -OCH3 is 2. The molecule has 40 heavy (non-hydrogen) atoms. The van der Waals surface area contributed by atoms with E-state index in [1.165, 1.54) is 26.4 Å². The summed E-state index contributed by atoms with van der Waals surface area (Å²) in [6, 6.07) is 22.0. The lowest BCUT2D eigenvalue weighted by atomic mass is 9.78. The van der Waals surface area contributed by atoms with Crippen molar-refractivity contribution in [2.75, 3.05) is 40.5 Å². The van der Waals surface area contributed by atoms with E-state index >= 15 is 0 Å². The molecule has 1 fully saturated rings. The maximum absolute atomic E-state index is 13.5. The minimum absolute atomic E-state index is 0.299. The summed E-state index contributed by atoms with van der Waals surface area (Å²) in [5, 5.41) is 0. The van der Waals surface area contributed by atoms with Gasteiger partial charge in [-0.1, -0.05) is 55.0 Å². The minimum Gasteiger partial charge on any atom is -0.497 e. The maximum atomic E-state index is 13.5. The summed E-state index contributed by atoms with van der Waals surface area (Å²) < 4.78 is 55.2. The monoisotopic (exact) mass is 563 g/mol. The molecule has 0 amide bonds. The first-order chi connectivity index (χ1) is 19.4. The molecule has 7 nitrogen and oxygen atoms in total. The second-order valence-electron chi connectivity index (χ2n) is 10.3. The molecule has 0 radical (unpaired) electrons. The lowest BCUT2D eigenvalue weighted by molar-refractivity contribution is 0.100. The standard InChI is InChI=1S/C32H37NO6S/c1-37-28-11-8-10-25(23-28)30-18-13-24-9-4-5-12-29(24)31(30)32(38-2,40(34,35)36)26-14-16-27(17-15-26)39-22-21-33-19-6-3-7-20-33/h4-5,8-12,14-17,23H,3,6-7,13,18-22H2,1-2H3,(H,34,35,36). The Morgan fingerprint density at radius 1 is 0.875 bits per heavy atom. The van der Waals surface area contributed by atoms with Crippen LogP contribution in [0.2, 0.25) is 0 Å². The van der Waals surface area contributed by atoms with Gasteiger partial charge in [0.2, 0.25) is 4.93 Å². The smallest absolute Gasteiger partial charge is 0.304 e. The number of hydrogen-bond donors (Lipinski definition) is 1. The zero-order valence-corrected chi connectivity index (χ0v) is 24.0. The summed E-state index contributed by atoms with van der Waals surface area (Å²) in [6.07, 6.45) is 5.02. The second kappa shape index (κ2) is 12.1. The molecule has 0 aromatic heterocycles. The van der Waals surface area contributed by atoms with Gasteiger partial charge < -0.3 is 14.2 Å². The number of aryl methyl sites for hydroxylation is 1. The fraction of sp³-hybridized carbons (Fsp3) is 0.375. The molecule has 1 aliphatic heterocycles. The SMILES string of the molecule is COc1cccc(C2=C(C(OC)(c3ccc(OCCN4CCCCC4)cc3)S(=O)(=O)O)c3ccccc3CC2)c1. The van der Waals surface area contributed by atoms with Crippen LogP contribution in [0.25, 0.3) is 11.1 Å². The highest BCUT2D eigenvalue weighted by Gasteiger charge is 2.51. The van der Waals surface area contributed by atoms with Crippen LogP contribution >= 0.6 is 0 Å². The molecule has 1 N–H and O–H groups in total. The fourth-order valence-corrected chi connectivity index (χ4v) is 7.13. The normalized spacial score (nSPS) is 17.7. The summed E-state index contributed by atoms with van der Waals surface area (Å²) >= 11 is 0. The van der Waals surface area contributed by atoms with E-state index in [2.05, 4.69) is 4.90 Å². The van der Waals surface area contributed by atoms with Crippen molar-refractivity contribution in [1.82, 2.24) is 4.90 Å². The highest BCUT2D eigenvalue weighted by Crippen LogP contribution is 2.51. The van der Waals surface area contributed by atoms with Crippen LogP contribution in [0.3, 0.4) is 0 Å². The Hall–Kier alpha value is -3.17. The van der Waals surface area contributed by atoms with Crippen LogP contribution in [0.1, 0.15) is 47.9 Å². The third-order valence-corrected chi connectivity index (χ3v) is 9.32. The third-order valence-electron chi connectivity index (χ3n) is 7.99. The van der Waals surface area contributed by atoms with E-state index < -0.39 is 15.1 Å². The Kier molecular flexibility index (Phi) is 8.61. The number of likely N-dealkylation sites (tertiary alicyclic amines) is 1. The number of nitrogens with zero attached hydrogens (tertiary/aromatic N) is 1. The molecule has 1 atom stereocenters. The number of fused-ring (bicyclic) bond motifs is 1. The molecule has 212 valence electrons. The van der Waals surface area contributed by atoms with Crippen molar-refractivity contribution in [3.63, 3.8) is 0 Å². The Labute approximate surface area is 237 Å². The fourth-order valence-electron chi connectivity index (χ4n) is 6.00. The first-order valence-electron chi connectivity index (χ1n) is 13.8. The molecular weight excluding hydrogens is 526 g/mol. The van der Waals surface area contributed by atoms with Crippen molar-refractivity contribution in [3.8, 4) is 11.5 Å². The topological polar surface area (TPSA) is 85.3 Å². The third kappa shape index (κ3) is 5.54. The number of hydrogen-bond acceptors (Lipinski definition) is 6. The molecule has 5 rings (SSSR count). The molecule has 1 unspecified atom stereocenters. The Bertz CT molecular complexity index is 1460. The second-order valence-corrected chi connectivity index (χ2v) is 11.8. The molecular formula is C32H37NO6S. The lowest BCUT2D eigenvalue weighted by Crippen LogP contribution is -2.40. The van der Waals surface area contributed by atoms with Gasteiger partial charge in [0.15, 0.2) is 0 Å². The van der Waals surface area contributed by atoms with Gasteiger partial charge in [-0.2, -0.15) is 8.42 Å². The van der Waals surface area contributed by atoms with E-state index in [-0.39, 0.29) is 0 Å². The number of rotatable bonds is 10. The van der Waals surface area contributed by atoms with Gasteiger partial charge >= 0.3 is 10.1 Å². The molecule has 0 saturated carbocycles. The Balaban J connectivity index is 1.59. The van der Waals surface area contributed by atoms with Gasteiger partial charge in [-0.05, 0) is 85.3 Å². The average molecular weight is 564 g/mol. The van der Waals surface area contributed by atoms with E-state index in [0.717, 1.165) is 48.3 Å². The molecule has 3 aromatic rings. The van der Waals surface area contributed by atoms with Crippen molar-refractivity contribution in [2.45, 2.75) is 37.0 Å². The van der Waals surface area contributed by atoms with Gasteiger partial charge in [0.1, 0.15) is 18.1 Å². The van der Waals surface area contributed by atoms with Crippen LogP contribution in [0.15, 0.2) is 72.8 Å². The Morgan fingerprint density at radius 3 is 2.33 bits per heavy atom. The number of benzene rings is 3. The highest BCUT2D eigenvalue weighted by molar-refractivity contribution is 7.87. The average Bonchev–Trinajstić information content (AvgIpc) is 2.98. The zero-order valence-electron chi connectivity index (χ0n) is 23.1. The molecule has 3 aromatic carbocycles. The van der Waals surface area contributed by atoms with Crippen LogP contribution in [0.5, 0.6) is 11.5 Å². The van der Waals surface area contributed by atoms with Crippen LogP contribution in [0.4, 0.5) is 0 Å². The van der Waals surface area contributed by atoms with Gasteiger partial charge in [0.25, 0.3) is 0 Å². The minimum atomic E-state index is -4.83. The van der Waals surface area contributed by atoms with Crippen molar-refractivity contribution < 1.29 is 27.2 Å².